The van der Waals surface area contributed by atoms with Gasteiger partial charge in [-0.2, -0.15) is 5.26 Å². The highest BCUT2D eigenvalue weighted by atomic mass is 79.9. The van der Waals surface area contributed by atoms with Gasteiger partial charge in [-0.25, -0.2) is 34.9 Å². The first kappa shape index (κ1) is 46.0. The summed E-state index contributed by atoms with van der Waals surface area (Å²) in [6.45, 7) is 5.88. The van der Waals surface area contributed by atoms with Crippen LogP contribution in [0.5, 0.6) is 11.5 Å². The number of methoxy groups -OCH3 is 1. The average molecular weight is 898 g/mol. The number of hydrogen-bond donors (Lipinski definition) is 6. The summed E-state index contributed by atoms with van der Waals surface area (Å²) in [7, 11) is 0.105. The van der Waals surface area contributed by atoms with Gasteiger partial charge in [0.15, 0.2) is 11.4 Å². The van der Waals surface area contributed by atoms with Gasteiger partial charge in [-0.1, -0.05) is 71.8 Å². The number of nitrogens with one attached hydrogen (secondary N) is 2. The minimum absolute atomic E-state index is 0.0396. The summed E-state index contributed by atoms with van der Waals surface area (Å²) in [4.78, 5) is 28.3. The third-order valence-electron chi connectivity index (χ3n) is 8.82. The summed E-state index contributed by atoms with van der Waals surface area (Å²) in [5, 5.41) is 33.3. The lowest BCUT2D eigenvalue weighted by Gasteiger charge is -2.24. The van der Waals surface area contributed by atoms with Gasteiger partial charge in [-0.05, 0) is 77.9 Å². The molecule has 0 bridgehead atoms. The lowest BCUT2D eigenvalue weighted by atomic mass is 9.80. The zero-order chi connectivity index (χ0) is 44.3. The Hall–Kier alpha value is -7.04. The third kappa shape index (κ3) is 14.9. The molecule has 1 fully saturated rings. The first-order chi connectivity index (χ1) is 30.0. The van der Waals surface area contributed by atoms with Crippen LogP contribution in [0.1, 0.15) is 29.7 Å². The molecule has 18 heteroatoms. The van der Waals surface area contributed by atoms with Crippen molar-refractivity contribution in [2.45, 2.75) is 32.8 Å². The van der Waals surface area contributed by atoms with E-state index in [0.717, 1.165) is 52.7 Å². The zero-order valence-corrected chi connectivity index (χ0v) is 35.9. The molecule has 316 valence electrons. The van der Waals surface area contributed by atoms with E-state index < -0.39 is 7.12 Å². The maximum atomic E-state index is 9.33. The van der Waals surface area contributed by atoms with Crippen LogP contribution < -0.4 is 37.0 Å². The number of aryl methyl sites for hydroxylation is 2. The first-order valence-corrected chi connectivity index (χ1v) is 20.1. The Bertz CT molecular complexity index is 2490. The van der Waals surface area contributed by atoms with Gasteiger partial charge in [0.2, 0.25) is 17.8 Å². The summed E-state index contributed by atoms with van der Waals surface area (Å²) in [6.07, 6.45) is 13.9. The van der Waals surface area contributed by atoms with E-state index in [0.29, 0.717) is 40.5 Å². The monoisotopic (exact) mass is 896 g/mol. The summed E-state index contributed by atoms with van der Waals surface area (Å²) >= 11 is 3.16. The standard InChI is InChI=1S/C22H22N6O.C11H11N3.C7H9BO3.C4H4BrN3/c1-15-4-2-5-16(8-15)17-11-26-22(27-12-17)28-18-9-21(20(10-23)25-13-18)29-19-6-3-7-24-14-19;1-8-3-2-4-9(5-8)10-6-13-11(12)14-7-10;1-11-7-4-2-3-6(5-7)8(9)10;5-3-1-7-4(6)8-2-3/h2,4-5,8-9,11-13,19,24H,3,6-7,14H2,1H3,(H,26,27,28);2-7H,1H3,(H2,12,13,14);2-5,9-10H,1H3;1-2H,(H2,6,7,8). The number of halogens is 1. The number of nitriles is 1. The van der Waals surface area contributed by atoms with Gasteiger partial charge < -0.3 is 41.6 Å². The van der Waals surface area contributed by atoms with Crippen molar-refractivity contribution in [2.75, 3.05) is 37.0 Å². The van der Waals surface area contributed by atoms with E-state index in [9.17, 15) is 5.26 Å². The molecule has 62 heavy (non-hydrogen) atoms. The van der Waals surface area contributed by atoms with Crippen LogP contribution >= 0.6 is 15.9 Å². The number of piperidine rings is 1. The Morgan fingerprint density at radius 3 is 1.85 bits per heavy atom. The van der Waals surface area contributed by atoms with Crippen LogP contribution in [0.25, 0.3) is 22.3 Å². The van der Waals surface area contributed by atoms with Crippen LogP contribution in [0, 0.1) is 25.2 Å². The number of nitrogens with two attached hydrogens (primary N) is 2. The van der Waals surface area contributed by atoms with Crippen molar-refractivity contribution < 1.29 is 19.5 Å². The second-order valence-corrected chi connectivity index (χ2v) is 14.6. The van der Waals surface area contributed by atoms with Crippen LogP contribution in [0.15, 0.2) is 127 Å². The fourth-order valence-corrected chi connectivity index (χ4v) is 5.92. The Morgan fingerprint density at radius 1 is 0.758 bits per heavy atom. The predicted octanol–water partition coefficient (Wildman–Crippen LogP) is 5.82. The van der Waals surface area contributed by atoms with Crippen molar-refractivity contribution >= 4 is 52.0 Å². The fraction of sp³-hybridized carbons (Fsp3) is 0.182. The molecule has 1 saturated heterocycles. The lowest BCUT2D eigenvalue weighted by Crippen LogP contribution is -2.37. The van der Waals surface area contributed by atoms with Gasteiger partial charge in [0.25, 0.3) is 0 Å². The molecule has 0 saturated carbocycles. The van der Waals surface area contributed by atoms with Crippen molar-refractivity contribution in [3.05, 3.63) is 144 Å². The minimum Gasteiger partial charge on any atom is -0.497 e. The van der Waals surface area contributed by atoms with Crippen LogP contribution in [-0.2, 0) is 0 Å². The van der Waals surface area contributed by atoms with E-state index in [1.54, 1.807) is 73.7 Å². The normalized spacial score (nSPS) is 12.6. The Morgan fingerprint density at radius 2 is 1.34 bits per heavy atom. The number of rotatable bonds is 8. The van der Waals surface area contributed by atoms with E-state index in [2.05, 4.69) is 106 Å². The lowest BCUT2D eigenvalue weighted by molar-refractivity contribution is 0.166. The highest BCUT2D eigenvalue weighted by Crippen LogP contribution is 2.26. The second-order valence-electron chi connectivity index (χ2n) is 13.7. The molecular formula is C44H46BBrN12O4. The average Bonchev–Trinajstić information content (AvgIpc) is 3.29. The molecule has 4 aromatic heterocycles. The van der Waals surface area contributed by atoms with Gasteiger partial charge in [0, 0.05) is 60.9 Å². The molecule has 1 unspecified atom stereocenters. The van der Waals surface area contributed by atoms with Crippen molar-refractivity contribution in [3.8, 4) is 39.8 Å². The molecule has 0 aliphatic carbocycles. The van der Waals surface area contributed by atoms with Gasteiger partial charge in [-0.15, -0.1) is 0 Å². The molecule has 0 spiro atoms. The van der Waals surface area contributed by atoms with Crippen molar-refractivity contribution in [1.29, 1.82) is 5.26 Å². The summed E-state index contributed by atoms with van der Waals surface area (Å²) in [5.74, 6) is 2.16. The number of anilines is 4. The quantitative estimate of drug-likeness (QED) is 0.0983. The molecule has 5 heterocycles. The molecule has 1 atom stereocenters. The summed E-state index contributed by atoms with van der Waals surface area (Å²) in [6, 6.07) is 26.9. The van der Waals surface area contributed by atoms with E-state index >= 15 is 0 Å². The molecule has 16 nitrogen and oxygen atoms in total. The number of nitrogen functional groups attached to an aromatic ring is 2. The minimum atomic E-state index is -1.43. The highest BCUT2D eigenvalue weighted by molar-refractivity contribution is 9.10. The van der Waals surface area contributed by atoms with Gasteiger partial charge in [-0.3, -0.25) is 0 Å². The topological polar surface area (TPSA) is 249 Å². The highest BCUT2D eigenvalue weighted by Gasteiger charge is 2.17. The largest absolute Gasteiger partial charge is 0.497 e. The van der Waals surface area contributed by atoms with Crippen LogP contribution in [-0.4, -0.2) is 78.4 Å². The molecule has 7 aromatic rings. The van der Waals surface area contributed by atoms with E-state index in [1.807, 2.05) is 24.3 Å². The zero-order valence-electron chi connectivity index (χ0n) is 34.4. The number of nitrogens with zero attached hydrogens (tertiary/aromatic N) is 8. The van der Waals surface area contributed by atoms with Gasteiger partial charge in [0.1, 0.15) is 17.9 Å². The molecule has 8 N–H and O–H groups in total. The van der Waals surface area contributed by atoms with Gasteiger partial charge >= 0.3 is 7.12 Å². The van der Waals surface area contributed by atoms with Crippen molar-refractivity contribution in [2.24, 2.45) is 0 Å². The number of pyridine rings is 1. The number of hydrogen-bond acceptors (Lipinski definition) is 16. The van der Waals surface area contributed by atoms with Crippen molar-refractivity contribution in [3.63, 3.8) is 0 Å². The molecule has 1 aliphatic rings. The fourth-order valence-electron chi connectivity index (χ4n) is 5.72. The molecule has 8 rings (SSSR count). The first-order valence-electron chi connectivity index (χ1n) is 19.3. The van der Waals surface area contributed by atoms with Crippen LogP contribution in [0.4, 0.5) is 23.5 Å². The van der Waals surface area contributed by atoms with E-state index in [1.165, 1.54) is 18.2 Å². The number of benzene rings is 3. The van der Waals surface area contributed by atoms with Crippen molar-refractivity contribution in [1.82, 2.24) is 40.2 Å². The van der Waals surface area contributed by atoms with Crippen LogP contribution in [0.3, 0.4) is 0 Å². The Kier molecular flexibility index (Phi) is 17.6. The number of aromatic nitrogens is 7. The molecule has 3 aromatic carbocycles. The maximum absolute atomic E-state index is 9.33. The molecular weight excluding hydrogens is 851 g/mol. The van der Waals surface area contributed by atoms with E-state index in [-0.39, 0.29) is 11.8 Å². The molecule has 1 aliphatic heterocycles. The number of ether oxygens (including phenoxy) is 2. The smallest absolute Gasteiger partial charge is 0.488 e. The molecule has 0 amide bonds. The van der Waals surface area contributed by atoms with Crippen LogP contribution in [0.2, 0.25) is 0 Å². The summed E-state index contributed by atoms with van der Waals surface area (Å²) < 4.78 is 11.7. The predicted molar refractivity (Wildman–Crippen MR) is 245 cm³/mol. The second kappa shape index (κ2) is 23.7. The molecule has 0 radical (unpaired) electrons. The third-order valence-corrected chi connectivity index (χ3v) is 9.23. The van der Waals surface area contributed by atoms with E-state index in [4.69, 9.17) is 31.0 Å². The summed E-state index contributed by atoms with van der Waals surface area (Å²) in [5.41, 5.74) is 18.5. The Labute approximate surface area is 368 Å². The van der Waals surface area contributed by atoms with Gasteiger partial charge in [0.05, 0.1) is 23.5 Å². The SMILES string of the molecule is COc1cccc(B(O)O)c1.Cc1cccc(-c2cnc(N)nc2)c1.Cc1cccc(-c2cnc(Nc3cnc(C#N)c(OC4CCCNC4)c3)nc2)c1.Nc1ncc(Br)cn1. The Balaban J connectivity index is 0.000000181. The maximum Gasteiger partial charge on any atom is 0.488 e.